The summed E-state index contributed by atoms with van der Waals surface area (Å²) in [5.41, 5.74) is 8.83. The topological polar surface area (TPSA) is 35.5 Å². The number of hydrogen-bond acceptors (Lipinski definition) is 3. The van der Waals surface area contributed by atoms with E-state index in [1.807, 2.05) is 24.3 Å². The molecule has 1 unspecified atom stereocenters. The maximum Gasteiger partial charge on any atom is 0.339 e. The third-order valence-corrected chi connectivity index (χ3v) is 5.05. The first-order valence-electron chi connectivity index (χ1n) is 9.08. The Morgan fingerprint density at radius 1 is 0.926 bits per heavy atom. The Morgan fingerprint density at radius 3 is 2.33 bits per heavy atom. The fourth-order valence-electron chi connectivity index (χ4n) is 3.92. The van der Waals surface area contributed by atoms with Gasteiger partial charge in [0.2, 0.25) is 0 Å². The van der Waals surface area contributed by atoms with Crippen molar-refractivity contribution in [1.82, 2.24) is 0 Å². The third kappa shape index (κ3) is 3.15. The number of rotatable bonds is 2. The number of methoxy groups -OCH3 is 1. The molecule has 27 heavy (non-hydrogen) atoms. The lowest BCUT2D eigenvalue weighted by Crippen LogP contribution is -2.17. The summed E-state index contributed by atoms with van der Waals surface area (Å²) in [5.74, 6) is -0.372. The van der Waals surface area contributed by atoms with E-state index in [2.05, 4.69) is 50.2 Å². The fourth-order valence-corrected chi connectivity index (χ4v) is 3.92. The highest BCUT2D eigenvalue weighted by Crippen LogP contribution is 2.41. The van der Waals surface area contributed by atoms with Crippen molar-refractivity contribution >= 4 is 5.97 Å². The number of fused-ring (bicyclic) bond motifs is 3. The summed E-state index contributed by atoms with van der Waals surface area (Å²) in [6.45, 7) is 4.57. The zero-order valence-corrected chi connectivity index (χ0v) is 15.8. The molecule has 3 nitrogen and oxygen atoms in total. The van der Waals surface area contributed by atoms with E-state index in [0.717, 1.165) is 27.8 Å². The van der Waals surface area contributed by atoms with Gasteiger partial charge in [-0.3, -0.25) is 0 Å². The van der Waals surface area contributed by atoms with Crippen molar-refractivity contribution in [2.24, 2.45) is 0 Å². The minimum Gasteiger partial charge on any atom is -0.467 e. The molecule has 1 heterocycles. The summed E-state index contributed by atoms with van der Waals surface area (Å²) >= 11 is 0. The van der Waals surface area contributed by atoms with Crippen LogP contribution in [0.1, 0.15) is 28.4 Å². The van der Waals surface area contributed by atoms with Gasteiger partial charge in [0.15, 0.2) is 6.10 Å². The van der Waals surface area contributed by atoms with E-state index >= 15 is 0 Å². The molecule has 3 aromatic rings. The molecule has 4 rings (SSSR count). The average molecular weight is 358 g/mol. The molecule has 0 saturated carbocycles. The lowest BCUT2D eigenvalue weighted by atomic mass is 9.89. The average Bonchev–Trinajstić information content (AvgIpc) is 2.84. The Balaban J connectivity index is 1.93. The number of benzene rings is 3. The van der Waals surface area contributed by atoms with Crippen LogP contribution in [0.25, 0.3) is 22.3 Å². The van der Waals surface area contributed by atoms with Gasteiger partial charge in [-0.05, 0) is 47.2 Å². The number of hydrogen-bond donors (Lipinski definition) is 0. The highest BCUT2D eigenvalue weighted by Gasteiger charge is 2.30. The molecule has 0 amide bonds. The molecule has 0 bridgehead atoms. The highest BCUT2D eigenvalue weighted by atomic mass is 16.6. The predicted molar refractivity (Wildman–Crippen MR) is 106 cm³/mol. The van der Waals surface area contributed by atoms with Crippen LogP contribution in [-0.2, 0) is 20.9 Å². The van der Waals surface area contributed by atoms with Crippen molar-refractivity contribution in [1.29, 1.82) is 0 Å². The second kappa shape index (κ2) is 7.01. The number of esters is 1. The summed E-state index contributed by atoms with van der Waals surface area (Å²) in [4.78, 5) is 12.3. The van der Waals surface area contributed by atoms with Crippen molar-refractivity contribution < 1.29 is 14.3 Å². The van der Waals surface area contributed by atoms with Crippen LogP contribution in [0.15, 0.2) is 60.7 Å². The normalized spacial score (nSPS) is 15.4. The minimum absolute atomic E-state index is 0.354. The summed E-state index contributed by atoms with van der Waals surface area (Å²) in [6.07, 6.45) is -0.717. The highest BCUT2D eigenvalue weighted by molar-refractivity contribution is 5.85. The molecule has 0 spiro atoms. The Labute approximate surface area is 159 Å². The maximum absolute atomic E-state index is 12.3. The molecule has 3 aromatic carbocycles. The third-order valence-electron chi connectivity index (χ3n) is 5.05. The van der Waals surface area contributed by atoms with Gasteiger partial charge in [0, 0.05) is 0 Å². The SMILES string of the molecule is COC(=O)C1OCc2c(-c3cc(C)cc(C)c3)cccc2-c2ccccc21. The molecule has 1 atom stereocenters. The monoisotopic (exact) mass is 358 g/mol. The largest absolute Gasteiger partial charge is 0.467 e. The van der Waals surface area contributed by atoms with Gasteiger partial charge in [0.1, 0.15) is 0 Å². The van der Waals surface area contributed by atoms with Gasteiger partial charge in [0.05, 0.1) is 13.7 Å². The van der Waals surface area contributed by atoms with Crippen molar-refractivity contribution in [3.63, 3.8) is 0 Å². The molecule has 3 heteroatoms. The van der Waals surface area contributed by atoms with Crippen molar-refractivity contribution in [2.75, 3.05) is 7.11 Å². The first-order chi connectivity index (χ1) is 13.1. The van der Waals surface area contributed by atoms with Crippen molar-refractivity contribution in [3.05, 3.63) is 82.9 Å². The molecule has 1 aliphatic rings. The van der Waals surface area contributed by atoms with Crippen LogP contribution in [0.4, 0.5) is 0 Å². The van der Waals surface area contributed by atoms with E-state index in [4.69, 9.17) is 9.47 Å². The molecular formula is C24H22O3. The summed E-state index contributed by atoms with van der Waals surface area (Å²) in [7, 11) is 1.40. The summed E-state index contributed by atoms with van der Waals surface area (Å²) < 4.78 is 11.0. The van der Waals surface area contributed by atoms with Crippen molar-refractivity contribution in [2.45, 2.75) is 26.6 Å². The van der Waals surface area contributed by atoms with E-state index in [-0.39, 0.29) is 5.97 Å². The van der Waals surface area contributed by atoms with Gasteiger partial charge in [-0.1, -0.05) is 71.8 Å². The summed E-state index contributed by atoms with van der Waals surface area (Å²) in [5, 5.41) is 0. The van der Waals surface area contributed by atoms with E-state index in [0.29, 0.717) is 6.61 Å². The van der Waals surface area contributed by atoms with Crippen LogP contribution in [0.3, 0.4) is 0 Å². The Kier molecular flexibility index (Phi) is 4.54. The molecule has 1 aliphatic heterocycles. The van der Waals surface area contributed by atoms with E-state index in [9.17, 15) is 4.79 Å². The maximum atomic E-state index is 12.3. The Hall–Kier alpha value is -2.91. The number of aryl methyl sites for hydroxylation is 2. The van der Waals surface area contributed by atoms with Gasteiger partial charge < -0.3 is 9.47 Å². The van der Waals surface area contributed by atoms with E-state index in [1.165, 1.54) is 23.8 Å². The van der Waals surface area contributed by atoms with Crippen LogP contribution in [-0.4, -0.2) is 13.1 Å². The summed E-state index contributed by atoms with van der Waals surface area (Å²) in [6, 6.07) is 20.8. The first kappa shape index (κ1) is 17.5. The van der Waals surface area contributed by atoms with Gasteiger partial charge in [-0.25, -0.2) is 4.79 Å². The zero-order chi connectivity index (χ0) is 19.0. The molecule has 136 valence electrons. The lowest BCUT2D eigenvalue weighted by molar-refractivity contribution is -0.155. The predicted octanol–water partition coefficient (Wildman–Crippen LogP) is 5.38. The van der Waals surface area contributed by atoms with E-state index < -0.39 is 6.10 Å². The smallest absolute Gasteiger partial charge is 0.339 e. The molecule has 0 N–H and O–H groups in total. The van der Waals surface area contributed by atoms with Gasteiger partial charge in [-0.15, -0.1) is 0 Å². The van der Waals surface area contributed by atoms with Crippen LogP contribution in [0.2, 0.25) is 0 Å². The molecule has 0 radical (unpaired) electrons. The van der Waals surface area contributed by atoms with Crippen LogP contribution >= 0.6 is 0 Å². The molecule has 0 fully saturated rings. The Bertz CT molecular complexity index is 1000. The van der Waals surface area contributed by atoms with Gasteiger partial charge in [-0.2, -0.15) is 0 Å². The first-order valence-corrected chi connectivity index (χ1v) is 9.08. The van der Waals surface area contributed by atoms with Crippen LogP contribution in [0, 0.1) is 13.8 Å². The zero-order valence-electron chi connectivity index (χ0n) is 15.8. The van der Waals surface area contributed by atoms with E-state index in [1.54, 1.807) is 0 Å². The quantitative estimate of drug-likeness (QED) is 0.577. The van der Waals surface area contributed by atoms with Crippen LogP contribution in [0.5, 0.6) is 0 Å². The standard InChI is InChI=1S/C24H22O3/c1-15-11-16(2)13-17(12-15)18-9-6-10-20-19-7-4-5-8-21(19)23(24(25)26-3)27-14-22(18)20/h4-13,23H,14H2,1-3H3. The number of carbonyl (C=O) groups is 1. The second-order valence-electron chi connectivity index (χ2n) is 7.01. The fraction of sp³-hybridized carbons (Fsp3) is 0.208. The minimum atomic E-state index is -0.717. The van der Waals surface area contributed by atoms with Crippen LogP contribution < -0.4 is 0 Å². The lowest BCUT2D eigenvalue weighted by Gasteiger charge is -2.15. The van der Waals surface area contributed by atoms with Gasteiger partial charge in [0.25, 0.3) is 0 Å². The molecule has 0 aliphatic carbocycles. The van der Waals surface area contributed by atoms with Crippen molar-refractivity contribution in [3.8, 4) is 22.3 Å². The van der Waals surface area contributed by atoms with Gasteiger partial charge >= 0.3 is 5.97 Å². The molecule has 0 aromatic heterocycles. The second-order valence-corrected chi connectivity index (χ2v) is 7.01. The number of ether oxygens (including phenoxy) is 2. The molecular weight excluding hydrogens is 336 g/mol. The number of carbonyl (C=O) groups excluding carboxylic acids is 1. The molecule has 0 saturated heterocycles. The Morgan fingerprint density at radius 2 is 1.59 bits per heavy atom.